The van der Waals surface area contributed by atoms with Crippen LogP contribution in [-0.2, 0) is 11.3 Å². The number of hydrogen-bond acceptors (Lipinski definition) is 4. The number of nitrogens with one attached hydrogen (secondary N) is 2. The number of amides is 2. The molecule has 1 aliphatic rings. The van der Waals surface area contributed by atoms with Gasteiger partial charge in [0.2, 0.25) is 5.82 Å². The number of benzene rings is 2. The van der Waals surface area contributed by atoms with Gasteiger partial charge < -0.3 is 20.5 Å². The van der Waals surface area contributed by atoms with Crippen molar-refractivity contribution < 1.29 is 41.4 Å². The molecule has 2 aromatic carbocycles. The van der Waals surface area contributed by atoms with Gasteiger partial charge in [-0.25, -0.2) is 4.39 Å². The Morgan fingerprint density at radius 2 is 1.85 bits per heavy atom. The minimum absolute atomic E-state index is 0.132. The minimum atomic E-state index is -4.69. The molecule has 3 N–H and O–H groups in total. The Morgan fingerprint density at radius 3 is 2.47 bits per heavy atom. The van der Waals surface area contributed by atoms with Gasteiger partial charge in [0.1, 0.15) is 6.10 Å². The summed E-state index contributed by atoms with van der Waals surface area (Å²) in [5.41, 5.74) is 0.846. The fraction of sp³-hybridized carbons (Fsp3) is 0.391. The molecule has 2 aromatic rings. The fourth-order valence-electron chi connectivity index (χ4n) is 4.04. The molecule has 34 heavy (non-hydrogen) atoms. The Morgan fingerprint density at radius 1 is 1.18 bits per heavy atom. The second kappa shape index (κ2) is 9.57. The van der Waals surface area contributed by atoms with Gasteiger partial charge in [0, 0.05) is 29.3 Å². The monoisotopic (exact) mass is 486 g/mol. The van der Waals surface area contributed by atoms with E-state index in [1.807, 2.05) is 0 Å². The summed E-state index contributed by atoms with van der Waals surface area (Å²) >= 11 is 0. The molecule has 0 fully saturated rings. The van der Waals surface area contributed by atoms with Crippen LogP contribution in [0.25, 0.3) is 0 Å². The zero-order valence-electron chi connectivity index (χ0n) is 18.5. The standard InChI is InChI=1S/C23H23F5N2O4/c1-10(11(2)23(26,27)28)17(14-6-7-16(24)18(25)20(14)34-3)19(31)22(33)30-13-5-4-12-9-29-21(32)15(12)8-13/h4-8,10-11,17,19,31H,9H2,1-3H3,(H,29,32)(H,30,33)/t10-,11-,17+,19-/m1/s1. The van der Waals surface area contributed by atoms with Crippen LogP contribution in [0.1, 0.15) is 41.3 Å². The number of alkyl halides is 3. The predicted octanol–water partition coefficient (Wildman–Crippen LogP) is 4.13. The quantitative estimate of drug-likeness (QED) is 0.514. The van der Waals surface area contributed by atoms with E-state index < -0.39 is 53.3 Å². The van der Waals surface area contributed by atoms with Gasteiger partial charge in [-0.3, -0.25) is 9.59 Å². The Labute approximate surface area is 192 Å². The summed E-state index contributed by atoms with van der Waals surface area (Å²) in [4.78, 5) is 24.7. The predicted molar refractivity (Wildman–Crippen MR) is 112 cm³/mol. The zero-order chi connectivity index (χ0) is 25.4. The lowest BCUT2D eigenvalue weighted by Gasteiger charge is -2.34. The number of aliphatic hydroxyl groups excluding tert-OH is 1. The maximum absolute atomic E-state index is 14.4. The molecule has 0 radical (unpaired) electrons. The number of methoxy groups -OCH3 is 1. The molecule has 0 bridgehead atoms. The number of halogens is 5. The molecular formula is C23H23F5N2O4. The van der Waals surface area contributed by atoms with Crippen LogP contribution < -0.4 is 15.4 Å². The molecule has 0 saturated heterocycles. The number of fused-ring (bicyclic) bond motifs is 1. The maximum atomic E-state index is 14.4. The van der Waals surface area contributed by atoms with Gasteiger partial charge in [0.25, 0.3) is 11.8 Å². The minimum Gasteiger partial charge on any atom is -0.493 e. The lowest BCUT2D eigenvalue weighted by atomic mass is 9.75. The summed E-state index contributed by atoms with van der Waals surface area (Å²) in [6.45, 7) is 2.34. The highest BCUT2D eigenvalue weighted by Crippen LogP contribution is 2.44. The van der Waals surface area contributed by atoms with E-state index in [1.165, 1.54) is 12.1 Å². The highest BCUT2D eigenvalue weighted by atomic mass is 19.4. The van der Waals surface area contributed by atoms with E-state index in [0.717, 1.165) is 27.0 Å². The van der Waals surface area contributed by atoms with Crippen LogP contribution in [0.15, 0.2) is 30.3 Å². The number of anilines is 1. The first kappa shape index (κ1) is 25.4. The molecule has 184 valence electrons. The smallest absolute Gasteiger partial charge is 0.391 e. The molecular weight excluding hydrogens is 463 g/mol. The van der Waals surface area contributed by atoms with Crippen LogP contribution in [-0.4, -0.2) is 36.3 Å². The van der Waals surface area contributed by atoms with Crippen molar-refractivity contribution in [2.45, 2.75) is 38.6 Å². The summed E-state index contributed by atoms with van der Waals surface area (Å²) in [6.07, 6.45) is -6.78. The van der Waals surface area contributed by atoms with Crippen LogP contribution in [0.4, 0.5) is 27.6 Å². The Balaban J connectivity index is 1.99. The first-order chi connectivity index (χ1) is 15.9. The van der Waals surface area contributed by atoms with E-state index in [9.17, 15) is 36.6 Å². The SMILES string of the molecule is COc1c([C@H]([C@H](C)[C@@H](C)C(F)(F)F)[C@@H](O)C(=O)Nc2ccc3c(c2)C(=O)NC3)ccc(F)c1F. The number of ether oxygens (including phenoxy) is 1. The molecule has 3 rings (SSSR count). The Hall–Kier alpha value is -3.21. The third kappa shape index (κ3) is 4.84. The molecule has 2 amide bonds. The van der Waals surface area contributed by atoms with Crippen molar-refractivity contribution in [1.82, 2.24) is 5.32 Å². The van der Waals surface area contributed by atoms with Gasteiger partial charge in [0.15, 0.2) is 11.6 Å². The van der Waals surface area contributed by atoms with Crippen molar-refractivity contribution >= 4 is 17.5 Å². The summed E-state index contributed by atoms with van der Waals surface area (Å²) in [7, 11) is 0.998. The Bertz CT molecular complexity index is 1110. The third-order valence-corrected chi connectivity index (χ3v) is 6.19. The van der Waals surface area contributed by atoms with Crippen LogP contribution >= 0.6 is 0 Å². The van der Waals surface area contributed by atoms with E-state index in [2.05, 4.69) is 10.6 Å². The lowest BCUT2D eigenvalue weighted by Crippen LogP contribution is -2.40. The van der Waals surface area contributed by atoms with E-state index in [1.54, 1.807) is 6.07 Å². The van der Waals surface area contributed by atoms with Crippen LogP contribution in [0.2, 0.25) is 0 Å². The molecule has 4 atom stereocenters. The van der Waals surface area contributed by atoms with Crippen LogP contribution in [0.3, 0.4) is 0 Å². The molecule has 1 heterocycles. The van der Waals surface area contributed by atoms with Crippen molar-refractivity contribution in [2.75, 3.05) is 12.4 Å². The van der Waals surface area contributed by atoms with Crippen molar-refractivity contribution in [3.63, 3.8) is 0 Å². The topological polar surface area (TPSA) is 87.7 Å². The molecule has 6 nitrogen and oxygen atoms in total. The fourth-order valence-corrected chi connectivity index (χ4v) is 4.04. The summed E-state index contributed by atoms with van der Waals surface area (Å²) in [6, 6.07) is 6.10. The number of hydrogen-bond donors (Lipinski definition) is 3. The van der Waals surface area contributed by atoms with Crippen LogP contribution in [0, 0.1) is 23.5 Å². The van der Waals surface area contributed by atoms with Gasteiger partial charge >= 0.3 is 6.18 Å². The Kier molecular flexibility index (Phi) is 7.15. The molecule has 1 aliphatic heterocycles. The van der Waals surface area contributed by atoms with Gasteiger partial charge in [-0.2, -0.15) is 17.6 Å². The van der Waals surface area contributed by atoms with E-state index in [0.29, 0.717) is 23.7 Å². The average Bonchev–Trinajstić information content (AvgIpc) is 3.15. The van der Waals surface area contributed by atoms with E-state index in [-0.39, 0.29) is 17.2 Å². The van der Waals surface area contributed by atoms with E-state index >= 15 is 0 Å². The molecule has 0 spiro atoms. The van der Waals surface area contributed by atoms with Gasteiger partial charge in [-0.15, -0.1) is 0 Å². The van der Waals surface area contributed by atoms with Crippen LogP contribution in [0.5, 0.6) is 5.75 Å². The zero-order valence-corrected chi connectivity index (χ0v) is 18.5. The highest BCUT2D eigenvalue weighted by Gasteiger charge is 2.46. The molecule has 11 heteroatoms. The molecule has 0 aliphatic carbocycles. The second-order valence-electron chi connectivity index (χ2n) is 8.19. The highest BCUT2D eigenvalue weighted by molar-refractivity contribution is 6.01. The van der Waals surface area contributed by atoms with Crippen molar-refractivity contribution in [2.24, 2.45) is 11.8 Å². The van der Waals surface area contributed by atoms with Crippen molar-refractivity contribution in [3.05, 3.63) is 58.7 Å². The molecule has 0 unspecified atom stereocenters. The number of aliphatic hydroxyl groups is 1. The molecule has 0 aromatic heterocycles. The number of carbonyl (C=O) groups excluding carboxylic acids is 2. The summed E-state index contributed by atoms with van der Waals surface area (Å²) in [5.74, 6) is -9.96. The third-order valence-electron chi connectivity index (χ3n) is 6.19. The first-order valence-corrected chi connectivity index (χ1v) is 10.4. The number of carbonyl (C=O) groups is 2. The average molecular weight is 486 g/mol. The van der Waals surface area contributed by atoms with Gasteiger partial charge in [0.05, 0.1) is 13.0 Å². The summed E-state index contributed by atoms with van der Waals surface area (Å²) < 4.78 is 73.4. The number of rotatable bonds is 7. The molecule has 0 saturated carbocycles. The normalized spacial score (nSPS) is 16.8. The lowest BCUT2D eigenvalue weighted by molar-refractivity contribution is -0.186. The van der Waals surface area contributed by atoms with Gasteiger partial charge in [-0.1, -0.05) is 26.0 Å². The largest absolute Gasteiger partial charge is 0.493 e. The maximum Gasteiger partial charge on any atom is 0.391 e. The van der Waals surface area contributed by atoms with Gasteiger partial charge in [-0.05, 0) is 29.7 Å². The summed E-state index contributed by atoms with van der Waals surface area (Å²) in [5, 5.41) is 15.9. The first-order valence-electron chi connectivity index (χ1n) is 10.4. The van der Waals surface area contributed by atoms with Crippen molar-refractivity contribution in [3.8, 4) is 5.75 Å². The second-order valence-corrected chi connectivity index (χ2v) is 8.19. The van der Waals surface area contributed by atoms with Crippen molar-refractivity contribution in [1.29, 1.82) is 0 Å². The van der Waals surface area contributed by atoms with E-state index in [4.69, 9.17) is 4.74 Å².